The van der Waals surface area contributed by atoms with Crippen LogP contribution in [-0.4, -0.2) is 44.3 Å². The van der Waals surface area contributed by atoms with Gasteiger partial charge in [0.1, 0.15) is 12.6 Å². The van der Waals surface area contributed by atoms with Crippen LogP contribution in [0.5, 0.6) is 0 Å². The molecule has 1 unspecified atom stereocenters. The van der Waals surface area contributed by atoms with Gasteiger partial charge in [-0.1, -0.05) is 79.0 Å². The van der Waals surface area contributed by atoms with Gasteiger partial charge in [0.05, 0.1) is 10.6 Å². The number of benzene rings is 3. The standard InChI is InChI=1S/C30H36ClN3O4S/c1-5-6-19-32-30(36)24(4)33(20-25-11-8-7-9-12-25)29(35)21-34(28-14-10-13-27(31)23(28)3)39(37,38)26-17-15-22(2)16-18-26/h7-18,24H,5-6,19-21H2,1-4H3,(H,32,36). The number of rotatable bonds is 12. The van der Waals surface area contributed by atoms with Gasteiger partial charge in [-0.3, -0.25) is 13.9 Å². The number of sulfonamides is 1. The molecule has 0 heterocycles. The number of carbonyl (C=O) groups is 2. The van der Waals surface area contributed by atoms with Crippen molar-refractivity contribution >= 4 is 39.1 Å². The number of hydrogen-bond donors (Lipinski definition) is 1. The van der Waals surface area contributed by atoms with Gasteiger partial charge in [-0.05, 0) is 62.6 Å². The summed E-state index contributed by atoms with van der Waals surface area (Å²) >= 11 is 6.36. The van der Waals surface area contributed by atoms with Crippen LogP contribution in [-0.2, 0) is 26.2 Å². The first-order chi connectivity index (χ1) is 18.6. The van der Waals surface area contributed by atoms with Crippen molar-refractivity contribution in [2.45, 2.75) is 58.0 Å². The van der Waals surface area contributed by atoms with Crippen LogP contribution in [0.2, 0.25) is 5.02 Å². The Bertz CT molecular complexity index is 1380. The summed E-state index contributed by atoms with van der Waals surface area (Å²) in [7, 11) is -4.15. The van der Waals surface area contributed by atoms with E-state index in [1.807, 2.05) is 44.2 Å². The zero-order valence-corrected chi connectivity index (χ0v) is 24.4. The van der Waals surface area contributed by atoms with Gasteiger partial charge in [0.15, 0.2) is 0 Å². The fourth-order valence-corrected chi connectivity index (χ4v) is 5.76. The van der Waals surface area contributed by atoms with E-state index < -0.39 is 28.5 Å². The Morgan fingerprint density at radius 2 is 1.62 bits per heavy atom. The van der Waals surface area contributed by atoms with Crippen LogP contribution in [0.15, 0.2) is 77.7 Å². The zero-order chi connectivity index (χ0) is 28.6. The fraction of sp³-hybridized carbons (Fsp3) is 0.333. The zero-order valence-electron chi connectivity index (χ0n) is 22.9. The SMILES string of the molecule is CCCCNC(=O)C(C)N(Cc1ccccc1)C(=O)CN(c1cccc(Cl)c1C)S(=O)(=O)c1ccc(C)cc1. The molecule has 0 aromatic heterocycles. The second kappa shape index (κ2) is 13.6. The molecule has 7 nitrogen and oxygen atoms in total. The smallest absolute Gasteiger partial charge is 0.264 e. The van der Waals surface area contributed by atoms with Gasteiger partial charge < -0.3 is 10.2 Å². The van der Waals surface area contributed by atoms with Crippen LogP contribution < -0.4 is 9.62 Å². The summed E-state index contributed by atoms with van der Waals surface area (Å²) in [5.74, 6) is -0.799. The Labute approximate surface area is 236 Å². The third-order valence-electron chi connectivity index (χ3n) is 6.59. The minimum Gasteiger partial charge on any atom is -0.354 e. The van der Waals surface area contributed by atoms with E-state index in [2.05, 4.69) is 5.32 Å². The summed E-state index contributed by atoms with van der Waals surface area (Å²) in [5, 5.41) is 3.27. The third kappa shape index (κ3) is 7.61. The molecule has 39 heavy (non-hydrogen) atoms. The van der Waals surface area contributed by atoms with Crippen molar-refractivity contribution in [1.82, 2.24) is 10.2 Å². The Kier molecular flexibility index (Phi) is 10.5. The number of unbranched alkanes of at least 4 members (excludes halogenated alkanes) is 1. The van der Waals surface area contributed by atoms with Gasteiger partial charge in [-0.15, -0.1) is 0 Å². The minimum atomic E-state index is -4.15. The average molecular weight is 570 g/mol. The minimum absolute atomic E-state index is 0.0558. The number of nitrogens with one attached hydrogen (secondary N) is 1. The summed E-state index contributed by atoms with van der Waals surface area (Å²) in [5.41, 5.74) is 2.57. The van der Waals surface area contributed by atoms with Crippen LogP contribution in [0.25, 0.3) is 0 Å². The van der Waals surface area contributed by atoms with Crippen LogP contribution in [0, 0.1) is 13.8 Å². The summed E-state index contributed by atoms with van der Waals surface area (Å²) < 4.78 is 29.0. The van der Waals surface area contributed by atoms with Gasteiger partial charge in [-0.2, -0.15) is 0 Å². The molecule has 0 saturated heterocycles. The van der Waals surface area contributed by atoms with Crippen molar-refractivity contribution in [3.8, 4) is 0 Å². The van der Waals surface area contributed by atoms with Crippen molar-refractivity contribution in [2.24, 2.45) is 0 Å². The average Bonchev–Trinajstić information content (AvgIpc) is 2.92. The quantitative estimate of drug-likeness (QED) is 0.292. The molecule has 0 bridgehead atoms. The lowest BCUT2D eigenvalue weighted by molar-refractivity contribution is -0.139. The lowest BCUT2D eigenvalue weighted by Gasteiger charge is -2.32. The first kappa shape index (κ1) is 30.2. The monoisotopic (exact) mass is 569 g/mol. The highest BCUT2D eigenvalue weighted by molar-refractivity contribution is 7.92. The van der Waals surface area contributed by atoms with Crippen molar-refractivity contribution in [3.05, 3.63) is 94.5 Å². The van der Waals surface area contributed by atoms with Gasteiger partial charge in [-0.25, -0.2) is 8.42 Å². The van der Waals surface area contributed by atoms with E-state index >= 15 is 0 Å². The first-order valence-corrected chi connectivity index (χ1v) is 14.8. The maximum absolute atomic E-state index is 13.9. The highest BCUT2D eigenvalue weighted by Gasteiger charge is 2.33. The predicted molar refractivity (Wildman–Crippen MR) is 156 cm³/mol. The number of nitrogens with zero attached hydrogens (tertiary/aromatic N) is 2. The van der Waals surface area contributed by atoms with Gasteiger partial charge >= 0.3 is 0 Å². The van der Waals surface area contributed by atoms with Gasteiger partial charge in [0, 0.05) is 18.1 Å². The molecule has 208 valence electrons. The van der Waals surface area contributed by atoms with E-state index in [-0.39, 0.29) is 17.3 Å². The molecule has 0 aliphatic heterocycles. The molecule has 1 atom stereocenters. The number of hydrogen-bond acceptors (Lipinski definition) is 4. The summed E-state index contributed by atoms with van der Waals surface area (Å²) in [6, 6.07) is 19.9. The van der Waals surface area contributed by atoms with Gasteiger partial charge in [0.2, 0.25) is 11.8 Å². The maximum Gasteiger partial charge on any atom is 0.264 e. The second-order valence-corrected chi connectivity index (χ2v) is 11.8. The van der Waals surface area contributed by atoms with E-state index in [1.165, 1.54) is 17.0 Å². The Morgan fingerprint density at radius 3 is 2.26 bits per heavy atom. The largest absolute Gasteiger partial charge is 0.354 e. The van der Waals surface area contributed by atoms with Crippen molar-refractivity contribution in [3.63, 3.8) is 0 Å². The molecule has 3 aromatic carbocycles. The Morgan fingerprint density at radius 1 is 0.949 bits per heavy atom. The summed E-state index contributed by atoms with van der Waals surface area (Å²) in [6.45, 7) is 7.42. The Hall–Kier alpha value is -3.36. The topological polar surface area (TPSA) is 86.8 Å². The number of anilines is 1. The summed E-state index contributed by atoms with van der Waals surface area (Å²) in [4.78, 5) is 28.4. The fourth-order valence-electron chi connectivity index (χ4n) is 4.12. The van der Waals surface area contributed by atoms with Crippen molar-refractivity contribution < 1.29 is 18.0 Å². The molecule has 2 amide bonds. The molecule has 0 aliphatic rings. The van der Waals surface area contributed by atoms with Crippen LogP contribution in [0.4, 0.5) is 5.69 Å². The normalized spacial score (nSPS) is 12.0. The van der Waals surface area contributed by atoms with E-state index in [0.29, 0.717) is 22.8 Å². The molecule has 1 N–H and O–H groups in total. The predicted octanol–water partition coefficient (Wildman–Crippen LogP) is 5.49. The number of amides is 2. The second-order valence-electron chi connectivity index (χ2n) is 9.54. The van der Waals surface area contributed by atoms with E-state index in [4.69, 9.17) is 11.6 Å². The van der Waals surface area contributed by atoms with Crippen molar-refractivity contribution in [2.75, 3.05) is 17.4 Å². The van der Waals surface area contributed by atoms with Gasteiger partial charge in [0.25, 0.3) is 10.0 Å². The lowest BCUT2D eigenvalue weighted by Crippen LogP contribution is -2.51. The highest BCUT2D eigenvalue weighted by atomic mass is 35.5. The molecular weight excluding hydrogens is 534 g/mol. The highest BCUT2D eigenvalue weighted by Crippen LogP contribution is 2.31. The number of aryl methyl sites for hydroxylation is 1. The maximum atomic E-state index is 13.9. The van der Waals surface area contributed by atoms with Crippen LogP contribution in [0.1, 0.15) is 43.4 Å². The number of halogens is 1. The van der Waals surface area contributed by atoms with Crippen LogP contribution in [0.3, 0.4) is 0 Å². The molecule has 3 aromatic rings. The molecular formula is C30H36ClN3O4S. The molecule has 0 fully saturated rings. The molecule has 9 heteroatoms. The molecule has 0 aliphatic carbocycles. The molecule has 0 spiro atoms. The molecule has 0 saturated carbocycles. The van der Waals surface area contributed by atoms with E-state index in [9.17, 15) is 18.0 Å². The van der Waals surface area contributed by atoms with Crippen LogP contribution >= 0.6 is 11.6 Å². The lowest BCUT2D eigenvalue weighted by atomic mass is 10.1. The molecule has 3 rings (SSSR count). The third-order valence-corrected chi connectivity index (χ3v) is 8.77. The van der Waals surface area contributed by atoms with Crippen molar-refractivity contribution in [1.29, 1.82) is 0 Å². The van der Waals surface area contributed by atoms with E-state index in [0.717, 1.165) is 28.3 Å². The number of carbonyl (C=O) groups excluding carboxylic acids is 2. The first-order valence-electron chi connectivity index (χ1n) is 13.0. The van der Waals surface area contributed by atoms with E-state index in [1.54, 1.807) is 44.2 Å². The Balaban J connectivity index is 2.03. The molecule has 0 radical (unpaired) electrons. The summed E-state index contributed by atoms with van der Waals surface area (Å²) in [6.07, 6.45) is 1.74.